The van der Waals surface area contributed by atoms with Crippen LogP contribution in [-0.2, 0) is 16.1 Å². The molecule has 0 saturated carbocycles. The third-order valence-corrected chi connectivity index (χ3v) is 4.38. The zero-order valence-electron chi connectivity index (χ0n) is 14.9. The van der Waals surface area contributed by atoms with Crippen molar-refractivity contribution in [2.75, 3.05) is 0 Å². The molecule has 0 aromatic heterocycles. The second-order valence-electron chi connectivity index (χ2n) is 6.83. The minimum absolute atomic E-state index is 0.403. The number of aliphatic carboxylic acids is 1. The van der Waals surface area contributed by atoms with Crippen LogP contribution in [0.5, 0.6) is 5.75 Å². The Kier molecular flexibility index (Phi) is 6.25. The lowest BCUT2D eigenvalue weighted by molar-refractivity contribution is -0.160. The van der Waals surface area contributed by atoms with E-state index in [9.17, 15) is 9.90 Å². The average molecular weight is 407 g/mol. The summed E-state index contributed by atoms with van der Waals surface area (Å²) in [6.07, 6.45) is -1.07. The first kappa shape index (κ1) is 19.5. The van der Waals surface area contributed by atoms with Crippen LogP contribution >= 0.6 is 15.9 Å². The Labute approximate surface area is 156 Å². The number of rotatable bonds is 6. The quantitative estimate of drug-likeness (QED) is 0.708. The Bertz CT molecular complexity index is 735. The fourth-order valence-corrected chi connectivity index (χ4v) is 3.19. The molecule has 0 amide bonds. The highest BCUT2D eigenvalue weighted by Gasteiger charge is 2.30. The van der Waals surface area contributed by atoms with Gasteiger partial charge in [-0.05, 0) is 60.8 Å². The van der Waals surface area contributed by atoms with Crippen LogP contribution in [0.2, 0.25) is 0 Å². The zero-order chi connectivity index (χ0) is 18.6. The molecule has 0 radical (unpaired) electrons. The van der Waals surface area contributed by atoms with Crippen LogP contribution in [0, 0.1) is 6.92 Å². The summed E-state index contributed by atoms with van der Waals surface area (Å²) in [7, 11) is 0. The smallest absolute Gasteiger partial charge is 0.337 e. The molecule has 1 N–H and O–H groups in total. The Balaban J connectivity index is 2.33. The molecule has 2 aromatic carbocycles. The van der Waals surface area contributed by atoms with Gasteiger partial charge in [-0.1, -0.05) is 36.4 Å². The molecule has 0 heterocycles. The van der Waals surface area contributed by atoms with Crippen LogP contribution in [0.1, 0.15) is 43.6 Å². The summed E-state index contributed by atoms with van der Waals surface area (Å²) in [4.78, 5) is 11.8. The van der Waals surface area contributed by atoms with E-state index in [2.05, 4.69) is 15.9 Å². The number of carboxylic acid groups (broad SMARTS) is 1. The summed E-state index contributed by atoms with van der Waals surface area (Å²) >= 11 is 3.51. The Morgan fingerprint density at radius 2 is 1.80 bits per heavy atom. The molecule has 0 fully saturated rings. The van der Waals surface area contributed by atoms with E-state index in [1.54, 1.807) is 0 Å². The van der Waals surface area contributed by atoms with Crippen LogP contribution in [0.15, 0.2) is 46.9 Å². The lowest BCUT2D eigenvalue weighted by Gasteiger charge is -2.27. The van der Waals surface area contributed by atoms with E-state index >= 15 is 0 Å². The van der Waals surface area contributed by atoms with Crippen LogP contribution in [0.25, 0.3) is 0 Å². The summed E-state index contributed by atoms with van der Waals surface area (Å²) in [6.45, 7) is 7.77. The van der Waals surface area contributed by atoms with Crippen molar-refractivity contribution < 1.29 is 19.4 Å². The standard InChI is InChI=1S/C20H23BrO4/c1-13-10-11-15(24-12-14-8-6-5-7-9-14)17(21)16(13)18(19(22)23)25-20(2,3)4/h5-11,18H,12H2,1-4H3,(H,22,23)/t18-/m0/s1. The Morgan fingerprint density at radius 3 is 2.36 bits per heavy atom. The van der Waals surface area contributed by atoms with Crippen LogP contribution in [-0.4, -0.2) is 16.7 Å². The predicted octanol–water partition coefficient (Wildman–Crippen LogP) is 5.28. The van der Waals surface area contributed by atoms with Crippen LogP contribution in [0.3, 0.4) is 0 Å². The highest BCUT2D eigenvalue weighted by molar-refractivity contribution is 9.10. The third kappa shape index (κ3) is 5.31. The summed E-state index contributed by atoms with van der Waals surface area (Å²) < 4.78 is 12.3. The average Bonchev–Trinajstić information content (AvgIpc) is 2.53. The van der Waals surface area contributed by atoms with Gasteiger partial charge in [0.15, 0.2) is 6.10 Å². The molecular formula is C20H23BrO4. The predicted molar refractivity (Wildman–Crippen MR) is 101 cm³/mol. The first-order chi connectivity index (χ1) is 11.7. The van der Waals surface area contributed by atoms with Gasteiger partial charge in [-0.25, -0.2) is 4.79 Å². The van der Waals surface area contributed by atoms with Crippen LogP contribution < -0.4 is 4.74 Å². The van der Waals surface area contributed by atoms with Crippen molar-refractivity contribution in [2.45, 2.75) is 46.0 Å². The molecule has 0 aliphatic carbocycles. The van der Waals surface area contributed by atoms with Gasteiger partial charge in [0, 0.05) is 5.56 Å². The molecule has 5 heteroatoms. The normalized spacial score (nSPS) is 12.7. The van der Waals surface area contributed by atoms with Gasteiger partial charge in [0.1, 0.15) is 12.4 Å². The second kappa shape index (κ2) is 8.02. The van der Waals surface area contributed by atoms with E-state index in [0.717, 1.165) is 11.1 Å². The summed E-state index contributed by atoms with van der Waals surface area (Å²) in [5.41, 5.74) is 1.86. The molecule has 1 atom stereocenters. The number of carbonyl (C=O) groups is 1. The van der Waals surface area contributed by atoms with Crippen molar-refractivity contribution in [3.63, 3.8) is 0 Å². The molecular weight excluding hydrogens is 384 g/mol. The molecule has 0 unspecified atom stereocenters. The first-order valence-electron chi connectivity index (χ1n) is 8.05. The lowest BCUT2D eigenvalue weighted by atomic mass is 10.0. The maximum atomic E-state index is 11.8. The first-order valence-corrected chi connectivity index (χ1v) is 8.84. The molecule has 0 saturated heterocycles. The van der Waals surface area contributed by atoms with Crippen molar-refractivity contribution in [3.05, 3.63) is 63.6 Å². The van der Waals surface area contributed by atoms with E-state index in [1.165, 1.54) is 0 Å². The summed E-state index contributed by atoms with van der Waals surface area (Å²) in [5.74, 6) is -0.438. The third-order valence-electron chi connectivity index (χ3n) is 3.56. The van der Waals surface area contributed by atoms with Crippen molar-refractivity contribution in [1.29, 1.82) is 0 Å². The van der Waals surface area contributed by atoms with Gasteiger partial charge in [-0.15, -0.1) is 0 Å². The maximum Gasteiger partial charge on any atom is 0.337 e. The Morgan fingerprint density at radius 1 is 1.16 bits per heavy atom. The van der Waals surface area contributed by atoms with E-state index in [4.69, 9.17) is 9.47 Å². The monoisotopic (exact) mass is 406 g/mol. The number of benzene rings is 2. The van der Waals surface area contributed by atoms with Crippen molar-refractivity contribution >= 4 is 21.9 Å². The van der Waals surface area contributed by atoms with Gasteiger partial charge in [-0.3, -0.25) is 0 Å². The molecule has 2 rings (SSSR count). The molecule has 0 aliphatic heterocycles. The van der Waals surface area contributed by atoms with E-state index < -0.39 is 17.7 Å². The second-order valence-corrected chi connectivity index (χ2v) is 7.62. The van der Waals surface area contributed by atoms with E-state index in [0.29, 0.717) is 22.4 Å². The number of carboxylic acids is 1. The van der Waals surface area contributed by atoms with Gasteiger partial charge in [0.25, 0.3) is 0 Å². The van der Waals surface area contributed by atoms with Crippen molar-refractivity contribution in [2.24, 2.45) is 0 Å². The van der Waals surface area contributed by atoms with Crippen LogP contribution in [0.4, 0.5) is 0 Å². The highest BCUT2D eigenvalue weighted by atomic mass is 79.9. The van der Waals surface area contributed by atoms with E-state index in [-0.39, 0.29) is 0 Å². The molecule has 25 heavy (non-hydrogen) atoms. The SMILES string of the molecule is Cc1ccc(OCc2ccccc2)c(Br)c1[C@H](OC(C)(C)C)C(=O)O. The van der Waals surface area contributed by atoms with Crippen molar-refractivity contribution in [3.8, 4) is 5.75 Å². The Hall–Kier alpha value is -1.85. The van der Waals surface area contributed by atoms with Gasteiger partial charge in [0.2, 0.25) is 0 Å². The van der Waals surface area contributed by atoms with Gasteiger partial charge in [-0.2, -0.15) is 0 Å². The number of hydrogen-bond acceptors (Lipinski definition) is 3. The minimum Gasteiger partial charge on any atom is -0.488 e. The molecule has 0 aliphatic rings. The molecule has 0 spiro atoms. The topological polar surface area (TPSA) is 55.8 Å². The van der Waals surface area contributed by atoms with Crippen molar-refractivity contribution in [1.82, 2.24) is 0 Å². The fourth-order valence-electron chi connectivity index (χ4n) is 2.42. The van der Waals surface area contributed by atoms with E-state index in [1.807, 2.05) is 70.2 Å². The maximum absolute atomic E-state index is 11.8. The number of ether oxygens (including phenoxy) is 2. The van der Waals surface area contributed by atoms with Gasteiger partial charge in [0.05, 0.1) is 10.1 Å². The van der Waals surface area contributed by atoms with Gasteiger partial charge < -0.3 is 14.6 Å². The molecule has 134 valence electrons. The lowest BCUT2D eigenvalue weighted by Crippen LogP contribution is -2.28. The largest absolute Gasteiger partial charge is 0.488 e. The molecule has 2 aromatic rings. The van der Waals surface area contributed by atoms with Gasteiger partial charge >= 0.3 is 5.97 Å². The highest BCUT2D eigenvalue weighted by Crippen LogP contribution is 2.38. The summed E-state index contributed by atoms with van der Waals surface area (Å²) in [5, 5.41) is 9.65. The number of hydrogen-bond donors (Lipinski definition) is 1. The zero-order valence-corrected chi connectivity index (χ0v) is 16.5. The number of halogens is 1. The summed E-state index contributed by atoms with van der Waals surface area (Å²) in [6, 6.07) is 13.5. The minimum atomic E-state index is -1.07. The number of aryl methyl sites for hydroxylation is 1. The molecule has 4 nitrogen and oxygen atoms in total. The molecule has 0 bridgehead atoms. The fraction of sp³-hybridized carbons (Fsp3) is 0.350.